The fourth-order valence-electron chi connectivity index (χ4n) is 2.90. The van der Waals surface area contributed by atoms with Crippen molar-refractivity contribution in [3.05, 3.63) is 40.4 Å². The third kappa shape index (κ3) is 6.87. The largest absolute Gasteiger partial charge is 0.489 e. The van der Waals surface area contributed by atoms with E-state index in [4.69, 9.17) is 27.9 Å². The lowest BCUT2D eigenvalue weighted by molar-refractivity contribution is 0.114. The van der Waals surface area contributed by atoms with Crippen molar-refractivity contribution in [1.29, 1.82) is 0 Å². The maximum Gasteiger partial charge on any atom is 0.191 e. The van der Waals surface area contributed by atoms with Crippen LogP contribution in [0.15, 0.2) is 29.5 Å². The number of nitrogens with one attached hydrogen (secondary N) is 2. The summed E-state index contributed by atoms with van der Waals surface area (Å²) < 4.78 is 7.46. The number of hydrogen-bond acceptors (Lipinski definition) is 5. The van der Waals surface area contributed by atoms with Gasteiger partial charge in [-0.25, -0.2) is 9.67 Å². The Morgan fingerprint density at radius 3 is 3.07 bits per heavy atom. The van der Waals surface area contributed by atoms with Crippen LogP contribution in [0.3, 0.4) is 0 Å². The predicted molar refractivity (Wildman–Crippen MR) is 125 cm³/mol. The molecule has 2 unspecified atom stereocenters. The molecule has 11 heteroatoms. The summed E-state index contributed by atoms with van der Waals surface area (Å²) in [7, 11) is 0. The lowest BCUT2D eigenvalue weighted by atomic mass is 10.1. The molecule has 0 saturated carbocycles. The van der Waals surface area contributed by atoms with E-state index in [0.29, 0.717) is 21.8 Å². The number of aromatic nitrogens is 3. The van der Waals surface area contributed by atoms with Crippen LogP contribution in [0.4, 0.5) is 0 Å². The number of aliphatic hydroxyl groups is 1. The van der Waals surface area contributed by atoms with E-state index < -0.39 is 6.10 Å². The van der Waals surface area contributed by atoms with Gasteiger partial charge in [-0.2, -0.15) is 5.10 Å². The number of fused-ring (bicyclic) bond motifs is 1. The Bertz CT molecular complexity index is 819. The van der Waals surface area contributed by atoms with Crippen LogP contribution in [0, 0.1) is 0 Å². The lowest BCUT2D eigenvalue weighted by Crippen LogP contribution is -2.47. The molecule has 2 heterocycles. The minimum absolute atomic E-state index is 0. The molecule has 0 amide bonds. The van der Waals surface area contributed by atoms with E-state index in [0.717, 1.165) is 31.8 Å². The van der Waals surface area contributed by atoms with Crippen LogP contribution in [-0.4, -0.2) is 57.7 Å². The quantitative estimate of drug-likeness (QED) is 0.276. The zero-order valence-electron chi connectivity index (χ0n) is 16.0. The molecule has 0 bridgehead atoms. The first kappa shape index (κ1) is 24.0. The molecule has 1 aliphatic heterocycles. The monoisotopic (exact) mass is 554 g/mol. The van der Waals surface area contributed by atoms with E-state index in [1.807, 2.05) is 11.6 Å². The summed E-state index contributed by atoms with van der Waals surface area (Å²) in [5, 5.41) is 21.8. The Kier molecular flexibility index (Phi) is 9.73. The second-order valence-corrected chi connectivity index (χ2v) is 7.26. The average molecular weight is 555 g/mol. The van der Waals surface area contributed by atoms with Gasteiger partial charge < -0.3 is 20.5 Å². The summed E-state index contributed by atoms with van der Waals surface area (Å²) in [5.41, 5.74) is 0. The number of hydrogen-bond donors (Lipinski definition) is 3. The molecular formula is C18H25Cl2IN6O2. The fourth-order valence-corrected chi connectivity index (χ4v) is 3.25. The van der Waals surface area contributed by atoms with Gasteiger partial charge in [0, 0.05) is 19.0 Å². The molecule has 2 atom stereocenters. The van der Waals surface area contributed by atoms with E-state index in [9.17, 15) is 5.11 Å². The number of aryl methyl sites for hydroxylation is 1. The first-order valence-electron chi connectivity index (χ1n) is 9.23. The number of halogens is 3. The zero-order valence-corrected chi connectivity index (χ0v) is 19.9. The summed E-state index contributed by atoms with van der Waals surface area (Å²) in [6, 6.07) is 5.33. The van der Waals surface area contributed by atoms with Gasteiger partial charge in [0.1, 0.15) is 35.6 Å². The summed E-state index contributed by atoms with van der Waals surface area (Å²) >= 11 is 12.0. The van der Waals surface area contributed by atoms with Gasteiger partial charge in [-0.05, 0) is 25.5 Å². The number of aliphatic imine (C=N–C) groups is 1. The number of benzene rings is 1. The third-order valence-electron chi connectivity index (χ3n) is 4.30. The third-order valence-corrected chi connectivity index (χ3v) is 5.10. The topological polar surface area (TPSA) is 96.6 Å². The van der Waals surface area contributed by atoms with Crippen molar-refractivity contribution in [2.24, 2.45) is 4.99 Å². The van der Waals surface area contributed by atoms with Crippen molar-refractivity contribution in [3.63, 3.8) is 0 Å². The van der Waals surface area contributed by atoms with Crippen LogP contribution in [0.1, 0.15) is 19.2 Å². The lowest BCUT2D eigenvalue weighted by Gasteiger charge is -2.25. The van der Waals surface area contributed by atoms with Gasteiger partial charge in [0.25, 0.3) is 0 Å². The molecule has 0 aliphatic carbocycles. The van der Waals surface area contributed by atoms with Gasteiger partial charge in [0.05, 0.1) is 18.1 Å². The summed E-state index contributed by atoms with van der Waals surface area (Å²) in [5.74, 6) is 2.09. The Morgan fingerprint density at radius 2 is 2.28 bits per heavy atom. The number of guanidine groups is 1. The van der Waals surface area contributed by atoms with Crippen LogP contribution < -0.4 is 15.4 Å². The molecule has 3 rings (SSSR count). The van der Waals surface area contributed by atoms with Crippen LogP contribution in [-0.2, 0) is 13.0 Å². The molecule has 1 aliphatic rings. The Labute approximate surface area is 197 Å². The van der Waals surface area contributed by atoms with Gasteiger partial charge in [-0.3, -0.25) is 4.99 Å². The first-order valence-corrected chi connectivity index (χ1v) is 9.98. The zero-order chi connectivity index (χ0) is 19.9. The SMILES string of the molecule is CCNC(=NCC(O)COc1cccc(Cl)c1Cl)NC1CCc2ncnn2C1.I. The number of nitrogens with zero attached hydrogens (tertiary/aromatic N) is 4. The molecule has 1 aromatic carbocycles. The number of aliphatic hydroxyl groups excluding tert-OH is 1. The molecule has 0 spiro atoms. The smallest absolute Gasteiger partial charge is 0.191 e. The highest BCUT2D eigenvalue weighted by atomic mass is 127. The Balaban J connectivity index is 0.00000300. The van der Waals surface area contributed by atoms with Crippen molar-refractivity contribution < 1.29 is 9.84 Å². The molecule has 0 saturated heterocycles. The van der Waals surface area contributed by atoms with Gasteiger partial charge >= 0.3 is 0 Å². The van der Waals surface area contributed by atoms with Crippen molar-refractivity contribution in [2.45, 2.75) is 38.5 Å². The summed E-state index contributed by atoms with van der Waals surface area (Å²) in [6.45, 7) is 3.70. The molecule has 2 aromatic rings. The molecule has 160 valence electrons. The molecular weight excluding hydrogens is 530 g/mol. The maximum absolute atomic E-state index is 10.2. The first-order chi connectivity index (χ1) is 13.6. The van der Waals surface area contributed by atoms with Gasteiger partial charge in [-0.15, -0.1) is 24.0 Å². The molecule has 0 radical (unpaired) electrons. The van der Waals surface area contributed by atoms with Crippen molar-refractivity contribution in [2.75, 3.05) is 19.7 Å². The second kappa shape index (κ2) is 11.8. The fraction of sp³-hybridized carbons (Fsp3) is 0.500. The number of ether oxygens (including phenoxy) is 1. The minimum Gasteiger partial charge on any atom is -0.489 e. The van der Waals surface area contributed by atoms with Gasteiger partial charge in [0.15, 0.2) is 5.96 Å². The highest BCUT2D eigenvalue weighted by molar-refractivity contribution is 14.0. The average Bonchev–Trinajstić information content (AvgIpc) is 3.15. The number of rotatable bonds is 7. The van der Waals surface area contributed by atoms with Crippen molar-refractivity contribution >= 4 is 53.1 Å². The standard InChI is InChI=1S/C18H24Cl2N6O2.HI/c1-2-21-18(25-12-6-7-16-23-11-24-26(16)9-12)22-8-13(27)10-28-15-5-3-4-14(19)17(15)20;/h3-5,11-13,27H,2,6-10H2,1H3,(H2,21,22,25);1H. The predicted octanol–water partition coefficient (Wildman–Crippen LogP) is 2.51. The molecule has 0 fully saturated rings. The van der Waals surface area contributed by atoms with Crippen LogP contribution in [0.5, 0.6) is 5.75 Å². The normalized spacial score (nSPS) is 17.1. The highest BCUT2D eigenvalue weighted by Crippen LogP contribution is 2.31. The molecule has 3 N–H and O–H groups in total. The van der Waals surface area contributed by atoms with Gasteiger partial charge in [0.2, 0.25) is 0 Å². The molecule has 1 aromatic heterocycles. The maximum atomic E-state index is 10.2. The Morgan fingerprint density at radius 1 is 1.45 bits per heavy atom. The van der Waals surface area contributed by atoms with Crippen LogP contribution >= 0.6 is 47.2 Å². The summed E-state index contributed by atoms with van der Waals surface area (Å²) in [6.07, 6.45) is 2.62. The van der Waals surface area contributed by atoms with E-state index in [-0.39, 0.29) is 43.2 Å². The molecule has 8 nitrogen and oxygen atoms in total. The van der Waals surface area contributed by atoms with E-state index >= 15 is 0 Å². The van der Waals surface area contributed by atoms with Crippen molar-refractivity contribution in [1.82, 2.24) is 25.4 Å². The van der Waals surface area contributed by atoms with E-state index in [1.54, 1.807) is 24.5 Å². The minimum atomic E-state index is -0.779. The van der Waals surface area contributed by atoms with E-state index in [1.165, 1.54) is 0 Å². The van der Waals surface area contributed by atoms with Gasteiger partial charge in [-0.1, -0.05) is 29.3 Å². The van der Waals surface area contributed by atoms with Crippen LogP contribution in [0.25, 0.3) is 0 Å². The summed E-state index contributed by atoms with van der Waals surface area (Å²) in [4.78, 5) is 8.70. The molecule has 29 heavy (non-hydrogen) atoms. The Hall–Kier alpha value is -1.30. The van der Waals surface area contributed by atoms with Crippen LogP contribution in [0.2, 0.25) is 10.0 Å². The van der Waals surface area contributed by atoms with E-state index in [2.05, 4.69) is 25.7 Å². The van der Waals surface area contributed by atoms with Crippen molar-refractivity contribution in [3.8, 4) is 5.75 Å². The highest BCUT2D eigenvalue weighted by Gasteiger charge is 2.20. The second-order valence-electron chi connectivity index (χ2n) is 6.47.